The number of amides is 2. The first-order valence-electron chi connectivity index (χ1n) is 17.0. The molecule has 3 aliphatic rings. The minimum absolute atomic E-state index is 0.0946. The van der Waals surface area contributed by atoms with E-state index < -0.39 is 11.2 Å². The number of fused-ring (bicyclic) bond motifs is 3. The highest BCUT2D eigenvalue weighted by Crippen LogP contribution is 2.50. The lowest BCUT2D eigenvalue weighted by molar-refractivity contribution is 0.00614. The van der Waals surface area contributed by atoms with Gasteiger partial charge in [-0.15, -0.1) is 0 Å². The third-order valence-electron chi connectivity index (χ3n) is 9.31. The van der Waals surface area contributed by atoms with Crippen LogP contribution in [0.5, 0.6) is 0 Å². The molecule has 0 spiro atoms. The zero-order valence-corrected chi connectivity index (χ0v) is 28.6. The average molecular weight is 649 g/mol. The van der Waals surface area contributed by atoms with Gasteiger partial charge in [-0.25, -0.2) is 19.6 Å². The van der Waals surface area contributed by atoms with Gasteiger partial charge < -0.3 is 19.4 Å². The molecule has 48 heavy (non-hydrogen) atoms. The van der Waals surface area contributed by atoms with Gasteiger partial charge in [0.25, 0.3) is 0 Å². The van der Waals surface area contributed by atoms with Gasteiger partial charge in [0.15, 0.2) is 0 Å². The summed E-state index contributed by atoms with van der Waals surface area (Å²) in [5, 5.41) is 0. The molecule has 4 atom stereocenters. The quantitative estimate of drug-likeness (QED) is 0.218. The van der Waals surface area contributed by atoms with E-state index in [1.807, 2.05) is 95.1 Å². The van der Waals surface area contributed by atoms with E-state index in [2.05, 4.69) is 21.8 Å². The van der Waals surface area contributed by atoms with Gasteiger partial charge in [-0.1, -0.05) is 24.0 Å². The molecule has 2 saturated heterocycles. The maximum absolute atomic E-state index is 13.1. The Morgan fingerprint density at radius 1 is 0.854 bits per heavy atom. The van der Waals surface area contributed by atoms with Gasteiger partial charge in [-0.3, -0.25) is 9.80 Å². The fourth-order valence-corrected chi connectivity index (χ4v) is 7.28. The Kier molecular flexibility index (Phi) is 7.97. The first-order valence-corrected chi connectivity index (χ1v) is 17.0. The van der Waals surface area contributed by atoms with E-state index >= 15 is 0 Å². The standard InChI is InChI=1S/C38H44N6O4/c1-37(2,3)47-35(45)43-19-7-8-31(43)33-40-28-18-13-24(20-29(28)41-33)10-9-23-11-14-25(15-12-23)30-22-39-34(42-30)32-26-16-17-27(21-26)44(32)36(46)48-38(4,5)6/h11-15,18,20,22,26-27,31-32H,7-8,16-17,19,21H2,1-6H3,(H,39,42)(H,40,41)/t26-,27-,31-,32+/m0/s1. The highest BCUT2D eigenvalue weighted by molar-refractivity contribution is 5.77. The van der Waals surface area contributed by atoms with Crippen molar-refractivity contribution in [3.8, 4) is 23.1 Å². The lowest BCUT2D eigenvalue weighted by Gasteiger charge is -2.35. The van der Waals surface area contributed by atoms with Crippen molar-refractivity contribution in [2.24, 2.45) is 5.92 Å². The number of imidazole rings is 2. The number of rotatable bonds is 3. The summed E-state index contributed by atoms with van der Waals surface area (Å²) in [6.45, 7) is 12.0. The number of hydrogen-bond acceptors (Lipinski definition) is 6. The Hall–Kier alpha value is -4.78. The number of piperidine rings is 1. The molecular formula is C38H44N6O4. The van der Waals surface area contributed by atoms with E-state index in [-0.39, 0.29) is 30.3 Å². The fraction of sp³-hybridized carbons (Fsp3) is 0.474. The van der Waals surface area contributed by atoms with Crippen LogP contribution >= 0.6 is 0 Å². The molecule has 10 heteroatoms. The van der Waals surface area contributed by atoms with Crippen LogP contribution in [0.1, 0.15) is 109 Å². The minimum Gasteiger partial charge on any atom is -0.444 e. The molecule has 250 valence electrons. The topological polar surface area (TPSA) is 116 Å². The molecule has 2 aromatic heterocycles. The molecule has 2 aliphatic heterocycles. The summed E-state index contributed by atoms with van der Waals surface area (Å²) in [5.41, 5.74) is 4.32. The van der Waals surface area contributed by atoms with Crippen molar-refractivity contribution in [2.75, 3.05) is 6.54 Å². The molecule has 4 aromatic rings. The van der Waals surface area contributed by atoms with Gasteiger partial charge in [-0.2, -0.15) is 0 Å². The molecule has 0 radical (unpaired) electrons. The summed E-state index contributed by atoms with van der Waals surface area (Å²) >= 11 is 0. The Labute approximate surface area is 281 Å². The minimum atomic E-state index is -0.545. The number of carbonyl (C=O) groups excluding carboxylic acids is 2. The summed E-state index contributed by atoms with van der Waals surface area (Å²) < 4.78 is 11.4. The van der Waals surface area contributed by atoms with Crippen LogP contribution < -0.4 is 0 Å². The third kappa shape index (κ3) is 6.51. The Balaban J connectivity index is 1.04. The Bertz CT molecular complexity index is 1900. The molecule has 0 unspecified atom stereocenters. The summed E-state index contributed by atoms with van der Waals surface area (Å²) in [6.07, 6.45) is 6.14. The van der Waals surface area contributed by atoms with Crippen molar-refractivity contribution in [2.45, 2.75) is 103 Å². The molecule has 3 fully saturated rings. The van der Waals surface area contributed by atoms with Crippen LogP contribution in [0.15, 0.2) is 48.7 Å². The molecular weight excluding hydrogens is 604 g/mol. The molecule has 2 aromatic carbocycles. The van der Waals surface area contributed by atoms with Crippen molar-refractivity contribution in [3.63, 3.8) is 0 Å². The SMILES string of the molecule is CC(C)(C)OC(=O)N1CCC[C@H]1c1nc2ccc(C#Cc3ccc(-c4cnc([C@H]5[C@H]6CC[C@@H](C6)N5C(=O)OC(C)(C)C)[nH]4)cc3)cc2[nH]1. The van der Waals surface area contributed by atoms with Gasteiger partial charge >= 0.3 is 12.2 Å². The maximum Gasteiger partial charge on any atom is 0.411 e. The monoisotopic (exact) mass is 648 g/mol. The third-order valence-corrected chi connectivity index (χ3v) is 9.31. The van der Waals surface area contributed by atoms with Crippen LogP contribution in [0.2, 0.25) is 0 Å². The van der Waals surface area contributed by atoms with E-state index in [0.29, 0.717) is 12.5 Å². The zero-order chi connectivity index (χ0) is 33.8. The summed E-state index contributed by atoms with van der Waals surface area (Å²) in [5.74, 6) is 8.53. The lowest BCUT2D eigenvalue weighted by Crippen LogP contribution is -2.43. The van der Waals surface area contributed by atoms with Crippen molar-refractivity contribution >= 4 is 23.2 Å². The van der Waals surface area contributed by atoms with E-state index in [9.17, 15) is 9.59 Å². The highest BCUT2D eigenvalue weighted by atomic mass is 16.6. The Morgan fingerprint density at radius 2 is 1.56 bits per heavy atom. The van der Waals surface area contributed by atoms with Gasteiger partial charge in [-0.05, 0) is 115 Å². The van der Waals surface area contributed by atoms with Crippen molar-refractivity contribution in [1.29, 1.82) is 0 Å². The predicted octanol–water partition coefficient (Wildman–Crippen LogP) is 7.89. The number of ether oxygens (including phenoxy) is 2. The number of hydrogen-bond donors (Lipinski definition) is 2. The number of likely N-dealkylation sites (tertiary alicyclic amines) is 2. The van der Waals surface area contributed by atoms with E-state index in [1.165, 1.54) is 0 Å². The van der Waals surface area contributed by atoms with Crippen LogP contribution in [0.25, 0.3) is 22.3 Å². The normalized spacial score (nSPS) is 22.2. The Morgan fingerprint density at radius 3 is 2.31 bits per heavy atom. The van der Waals surface area contributed by atoms with Gasteiger partial charge in [0.05, 0.1) is 35.0 Å². The second-order valence-corrected chi connectivity index (χ2v) is 15.3. The summed E-state index contributed by atoms with van der Waals surface area (Å²) in [7, 11) is 0. The predicted molar refractivity (Wildman–Crippen MR) is 183 cm³/mol. The molecule has 2 bridgehead atoms. The number of H-pyrrole nitrogens is 2. The lowest BCUT2D eigenvalue weighted by atomic mass is 9.98. The average Bonchev–Trinajstić information content (AvgIpc) is 3.85. The van der Waals surface area contributed by atoms with Crippen LogP contribution in [0.4, 0.5) is 9.59 Å². The number of aromatic nitrogens is 4. The molecule has 10 nitrogen and oxygen atoms in total. The largest absolute Gasteiger partial charge is 0.444 e. The van der Waals surface area contributed by atoms with E-state index in [0.717, 1.165) is 77.2 Å². The smallest absolute Gasteiger partial charge is 0.411 e. The van der Waals surface area contributed by atoms with Crippen molar-refractivity contribution < 1.29 is 19.1 Å². The van der Waals surface area contributed by atoms with Crippen LogP contribution in [0, 0.1) is 17.8 Å². The number of benzene rings is 2. The molecule has 2 amide bonds. The van der Waals surface area contributed by atoms with Crippen molar-refractivity contribution in [1.82, 2.24) is 29.7 Å². The zero-order valence-electron chi connectivity index (χ0n) is 28.6. The summed E-state index contributed by atoms with van der Waals surface area (Å²) in [6, 6.07) is 14.0. The second-order valence-electron chi connectivity index (χ2n) is 15.3. The highest BCUT2D eigenvalue weighted by Gasteiger charge is 2.51. The van der Waals surface area contributed by atoms with E-state index in [1.54, 1.807) is 4.90 Å². The molecule has 7 rings (SSSR count). The van der Waals surface area contributed by atoms with Gasteiger partial charge in [0.2, 0.25) is 0 Å². The fourth-order valence-electron chi connectivity index (χ4n) is 7.28. The number of aromatic amines is 2. The first-order chi connectivity index (χ1) is 22.8. The summed E-state index contributed by atoms with van der Waals surface area (Å²) in [4.78, 5) is 46.1. The molecule has 4 heterocycles. The molecule has 2 N–H and O–H groups in total. The maximum atomic E-state index is 13.1. The van der Waals surface area contributed by atoms with Gasteiger partial charge in [0, 0.05) is 23.7 Å². The van der Waals surface area contributed by atoms with Crippen LogP contribution in [0.3, 0.4) is 0 Å². The number of nitrogens with zero attached hydrogens (tertiary/aromatic N) is 4. The second kappa shape index (κ2) is 12.0. The molecule has 1 saturated carbocycles. The van der Waals surface area contributed by atoms with Crippen molar-refractivity contribution in [3.05, 3.63) is 71.4 Å². The van der Waals surface area contributed by atoms with E-state index in [4.69, 9.17) is 19.4 Å². The first kappa shape index (κ1) is 31.8. The number of carbonyl (C=O) groups is 2. The van der Waals surface area contributed by atoms with Crippen LogP contribution in [-0.4, -0.2) is 65.7 Å². The van der Waals surface area contributed by atoms with Gasteiger partial charge in [0.1, 0.15) is 22.9 Å². The molecule has 1 aliphatic carbocycles. The number of nitrogens with one attached hydrogen (secondary N) is 2. The van der Waals surface area contributed by atoms with Crippen LogP contribution in [-0.2, 0) is 9.47 Å².